The van der Waals surface area contributed by atoms with Crippen molar-refractivity contribution < 1.29 is 5.11 Å². The second-order valence-corrected chi connectivity index (χ2v) is 4.72. The van der Waals surface area contributed by atoms with Gasteiger partial charge in [0.2, 0.25) is 0 Å². The van der Waals surface area contributed by atoms with Crippen LogP contribution in [0.15, 0.2) is 24.3 Å². The highest BCUT2D eigenvalue weighted by atomic mass is 35.5. The van der Waals surface area contributed by atoms with Gasteiger partial charge in [0, 0.05) is 10.7 Å². The first kappa shape index (κ1) is 10.8. The third kappa shape index (κ3) is 2.44. The minimum atomic E-state index is -0.120. The van der Waals surface area contributed by atoms with Crippen LogP contribution in [-0.2, 0) is 0 Å². The Morgan fingerprint density at radius 2 is 2.07 bits per heavy atom. The molecule has 0 saturated heterocycles. The Labute approximate surface area is 95.3 Å². The number of hydrogen-bond acceptors (Lipinski definition) is 2. The van der Waals surface area contributed by atoms with Crippen LogP contribution in [0.25, 0.3) is 0 Å². The summed E-state index contributed by atoms with van der Waals surface area (Å²) in [5, 5.41) is 13.6. The van der Waals surface area contributed by atoms with Gasteiger partial charge in [0.1, 0.15) is 0 Å². The highest BCUT2D eigenvalue weighted by Crippen LogP contribution is 2.33. The van der Waals surface area contributed by atoms with E-state index in [0.717, 1.165) is 23.6 Å². The van der Waals surface area contributed by atoms with Gasteiger partial charge in [0.15, 0.2) is 0 Å². The van der Waals surface area contributed by atoms with E-state index in [1.165, 1.54) is 12.8 Å². The van der Waals surface area contributed by atoms with Gasteiger partial charge in [-0.05, 0) is 31.0 Å². The molecule has 1 aliphatic rings. The second kappa shape index (κ2) is 4.42. The monoisotopic (exact) mass is 225 g/mol. The molecule has 1 fully saturated rings. The molecule has 0 heterocycles. The molecule has 1 saturated carbocycles. The lowest BCUT2D eigenvalue weighted by Gasteiger charge is -2.29. The molecule has 15 heavy (non-hydrogen) atoms. The summed E-state index contributed by atoms with van der Waals surface area (Å²) in [5.74, 6) is 0. The molecular formula is C12H16ClNO. The standard InChI is InChI=1S/C12H16ClNO/c13-10-4-3-5-11(8-10)14-12(9-15)6-1-2-7-12/h3-5,8,14-15H,1-2,6-7,9H2. The van der Waals surface area contributed by atoms with Gasteiger partial charge in [-0.25, -0.2) is 0 Å². The summed E-state index contributed by atoms with van der Waals surface area (Å²) in [7, 11) is 0. The van der Waals surface area contributed by atoms with Gasteiger partial charge in [-0.3, -0.25) is 0 Å². The lowest BCUT2D eigenvalue weighted by atomic mass is 9.98. The Balaban J connectivity index is 2.12. The van der Waals surface area contributed by atoms with Crippen molar-refractivity contribution in [3.05, 3.63) is 29.3 Å². The summed E-state index contributed by atoms with van der Waals surface area (Å²) in [5.41, 5.74) is 0.878. The quantitative estimate of drug-likeness (QED) is 0.829. The molecule has 0 aliphatic heterocycles. The van der Waals surface area contributed by atoms with Crippen molar-refractivity contribution in [3.8, 4) is 0 Å². The van der Waals surface area contributed by atoms with E-state index < -0.39 is 0 Å². The number of halogens is 1. The van der Waals surface area contributed by atoms with Crippen LogP contribution in [0.1, 0.15) is 25.7 Å². The molecule has 1 aromatic carbocycles. The van der Waals surface area contributed by atoms with Crippen LogP contribution >= 0.6 is 11.6 Å². The molecule has 0 spiro atoms. The molecule has 0 unspecified atom stereocenters. The first-order valence-electron chi connectivity index (χ1n) is 5.39. The summed E-state index contributed by atoms with van der Waals surface area (Å²) in [4.78, 5) is 0. The van der Waals surface area contributed by atoms with Crippen molar-refractivity contribution >= 4 is 17.3 Å². The molecule has 0 radical (unpaired) electrons. The Morgan fingerprint density at radius 1 is 1.33 bits per heavy atom. The van der Waals surface area contributed by atoms with Crippen molar-refractivity contribution in [2.24, 2.45) is 0 Å². The summed E-state index contributed by atoms with van der Waals surface area (Å²) in [6.45, 7) is 0.194. The predicted molar refractivity (Wildman–Crippen MR) is 63.4 cm³/mol. The fourth-order valence-corrected chi connectivity index (χ4v) is 2.44. The first-order chi connectivity index (χ1) is 7.24. The van der Waals surface area contributed by atoms with Crippen molar-refractivity contribution in [2.75, 3.05) is 11.9 Å². The smallest absolute Gasteiger partial charge is 0.0661 e. The normalized spacial score (nSPS) is 19.1. The minimum absolute atomic E-state index is 0.120. The van der Waals surface area contributed by atoms with E-state index in [1.54, 1.807) is 0 Å². The molecule has 0 bridgehead atoms. The first-order valence-corrected chi connectivity index (χ1v) is 5.77. The van der Waals surface area contributed by atoms with E-state index in [-0.39, 0.29) is 12.1 Å². The highest BCUT2D eigenvalue weighted by molar-refractivity contribution is 6.30. The van der Waals surface area contributed by atoms with Gasteiger partial charge in [0.25, 0.3) is 0 Å². The zero-order chi connectivity index (χ0) is 10.7. The van der Waals surface area contributed by atoms with Crippen LogP contribution in [-0.4, -0.2) is 17.3 Å². The van der Waals surface area contributed by atoms with Crippen molar-refractivity contribution in [2.45, 2.75) is 31.2 Å². The lowest BCUT2D eigenvalue weighted by Crippen LogP contribution is -2.38. The van der Waals surface area contributed by atoms with E-state index in [9.17, 15) is 5.11 Å². The van der Waals surface area contributed by atoms with Gasteiger partial charge >= 0.3 is 0 Å². The zero-order valence-corrected chi connectivity index (χ0v) is 9.43. The summed E-state index contributed by atoms with van der Waals surface area (Å²) >= 11 is 5.92. The van der Waals surface area contributed by atoms with Gasteiger partial charge in [-0.2, -0.15) is 0 Å². The van der Waals surface area contributed by atoms with Gasteiger partial charge in [-0.15, -0.1) is 0 Å². The number of aliphatic hydroxyl groups is 1. The van der Waals surface area contributed by atoms with Crippen LogP contribution < -0.4 is 5.32 Å². The number of rotatable bonds is 3. The number of aliphatic hydroxyl groups excluding tert-OH is 1. The molecule has 3 heteroatoms. The maximum Gasteiger partial charge on any atom is 0.0661 e. The SMILES string of the molecule is OCC1(Nc2cccc(Cl)c2)CCCC1. The van der Waals surface area contributed by atoms with E-state index in [1.807, 2.05) is 24.3 Å². The zero-order valence-electron chi connectivity index (χ0n) is 8.67. The minimum Gasteiger partial charge on any atom is -0.394 e. The van der Waals surface area contributed by atoms with Crippen molar-refractivity contribution in [1.29, 1.82) is 0 Å². The van der Waals surface area contributed by atoms with Crippen LogP contribution in [0.3, 0.4) is 0 Å². The topological polar surface area (TPSA) is 32.3 Å². The van der Waals surface area contributed by atoms with Crippen LogP contribution in [0.5, 0.6) is 0 Å². The Bertz CT molecular complexity index is 334. The fourth-order valence-electron chi connectivity index (χ4n) is 2.25. The molecule has 0 amide bonds. The third-order valence-electron chi connectivity index (χ3n) is 3.10. The maximum atomic E-state index is 9.45. The average molecular weight is 226 g/mol. The number of nitrogens with one attached hydrogen (secondary N) is 1. The number of anilines is 1. The summed E-state index contributed by atoms with van der Waals surface area (Å²) < 4.78 is 0. The molecular weight excluding hydrogens is 210 g/mol. The molecule has 0 atom stereocenters. The lowest BCUT2D eigenvalue weighted by molar-refractivity contribution is 0.214. The van der Waals surface area contributed by atoms with Crippen molar-refractivity contribution in [3.63, 3.8) is 0 Å². The van der Waals surface area contributed by atoms with Gasteiger partial charge in [0.05, 0.1) is 12.1 Å². The van der Waals surface area contributed by atoms with E-state index in [0.29, 0.717) is 0 Å². The van der Waals surface area contributed by atoms with Gasteiger partial charge < -0.3 is 10.4 Å². The van der Waals surface area contributed by atoms with Crippen molar-refractivity contribution in [1.82, 2.24) is 0 Å². The maximum absolute atomic E-state index is 9.45. The Morgan fingerprint density at radius 3 is 2.67 bits per heavy atom. The number of benzene rings is 1. The summed E-state index contributed by atoms with van der Waals surface area (Å²) in [6.07, 6.45) is 4.45. The fraction of sp³-hybridized carbons (Fsp3) is 0.500. The largest absolute Gasteiger partial charge is 0.394 e. The Kier molecular flexibility index (Phi) is 3.17. The third-order valence-corrected chi connectivity index (χ3v) is 3.33. The molecule has 2 N–H and O–H groups in total. The molecule has 2 nitrogen and oxygen atoms in total. The molecule has 2 rings (SSSR count). The van der Waals surface area contributed by atoms with Crippen LogP contribution in [0.2, 0.25) is 5.02 Å². The van der Waals surface area contributed by atoms with E-state index in [2.05, 4.69) is 5.32 Å². The average Bonchev–Trinajstić information content (AvgIpc) is 2.67. The molecule has 1 aromatic rings. The molecule has 0 aromatic heterocycles. The molecule has 82 valence electrons. The van der Waals surface area contributed by atoms with Crippen LogP contribution in [0, 0.1) is 0 Å². The van der Waals surface area contributed by atoms with Gasteiger partial charge in [-0.1, -0.05) is 30.5 Å². The molecule has 1 aliphatic carbocycles. The van der Waals surface area contributed by atoms with Crippen LogP contribution in [0.4, 0.5) is 5.69 Å². The highest BCUT2D eigenvalue weighted by Gasteiger charge is 2.32. The van der Waals surface area contributed by atoms with E-state index in [4.69, 9.17) is 11.6 Å². The second-order valence-electron chi connectivity index (χ2n) is 4.28. The Hall–Kier alpha value is -0.730. The summed E-state index contributed by atoms with van der Waals surface area (Å²) in [6, 6.07) is 7.66. The number of hydrogen-bond donors (Lipinski definition) is 2. The van der Waals surface area contributed by atoms with E-state index >= 15 is 0 Å². The predicted octanol–water partition coefficient (Wildman–Crippen LogP) is 3.06.